The van der Waals surface area contributed by atoms with Crippen molar-refractivity contribution in [2.45, 2.75) is 6.61 Å². The molecule has 0 radical (unpaired) electrons. The van der Waals surface area contributed by atoms with Gasteiger partial charge in [-0.25, -0.2) is 9.59 Å². The number of aliphatic imine (C=N–C) groups is 2. The molecule has 0 saturated carbocycles. The molecule has 98 valence electrons. The van der Waals surface area contributed by atoms with Crippen LogP contribution in [0.5, 0.6) is 5.75 Å². The average Bonchev–Trinajstić information content (AvgIpc) is 2.49. The van der Waals surface area contributed by atoms with E-state index < -0.39 is 0 Å². The van der Waals surface area contributed by atoms with Gasteiger partial charge >= 0.3 is 0 Å². The Bertz CT molecular complexity index is 604. The van der Waals surface area contributed by atoms with Gasteiger partial charge in [-0.05, 0) is 42.0 Å². The molecule has 5 heteroatoms. The lowest BCUT2D eigenvalue weighted by molar-refractivity contribution is 0.306. The Hall–Kier alpha value is -3.00. The first kappa shape index (κ1) is 13.4. The van der Waals surface area contributed by atoms with Gasteiger partial charge in [0.15, 0.2) is 0 Å². The molecule has 0 unspecified atom stereocenters. The second kappa shape index (κ2) is 6.81. The van der Waals surface area contributed by atoms with Crippen LogP contribution >= 0.6 is 0 Å². The van der Waals surface area contributed by atoms with Crippen molar-refractivity contribution in [3.63, 3.8) is 0 Å². The van der Waals surface area contributed by atoms with Gasteiger partial charge in [0.25, 0.3) is 0 Å². The van der Waals surface area contributed by atoms with Crippen LogP contribution in [0.25, 0.3) is 0 Å². The number of benzene rings is 2. The summed E-state index contributed by atoms with van der Waals surface area (Å²) in [6, 6.07) is 13.9. The average molecular weight is 266 g/mol. The Kier molecular flexibility index (Phi) is 4.57. The van der Waals surface area contributed by atoms with Crippen LogP contribution in [0.2, 0.25) is 0 Å². The predicted molar refractivity (Wildman–Crippen MR) is 72.8 cm³/mol. The maximum Gasteiger partial charge on any atom is 0.240 e. The van der Waals surface area contributed by atoms with Crippen molar-refractivity contribution in [3.8, 4) is 5.75 Å². The summed E-state index contributed by atoms with van der Waals surface area (Å²) in [5.41, 5.74) is 2.04. The molecular weight excluding hydrogens is 256 g/mol. The van der Waals surface area contributed by atoms with E-state index in [1.165, 1.54) is 12.2 Å². The SMILES string of the molecule is O=C=Nc1ccc(COc2ccc(N=C=O)cc2)cc1. The summed E-state index contributed by atoms with van der Waals surface area (Å²) in [6.07, 6.45) is 2.96. The molecular formula is C15H10N2O3. The molecule has 0 atom stereocenters. The number of carbonyl (C=O) groups excluding carboxylic acids is 2. The summed E-state index contributed by atoms with van der Waals surface area (Å²) in [7, 11) is 0. The van der Waals surface area contributed by atoms with Gasteiger partial charge < -0.3 is 4.74 Å². The second-order valence-electron chi connectivity index (χ2n) is 3.86. The van der Waals surface area contributed by atoms with E-state index in [1.807, 2.05) is 12.1 Å². The third kappa shape index (κ3) is 3.75. The summed E-state index contributed by atoms with van der Waals surface area (Å²) < 4.78 is 5.58. The van der Waals surface area contributed by atoms with E-state index in [0.29, 0.717) is 23.7 Å². The fourth-order valence-corrected chi connectivity index (χ4v) is 1.56. The lowest BCUT2D eigenvalue weighted by Gasteiger charge is -2.06. The number of ether oxygens (including phenoxy) is 1. The number of hydrogen-bond donors (Lipinski definition) is 0. The Labute approximate surface area is 115 Å². The third-order valence-electron chi connectivity index (χ3n) is 2.53. The second-order valence-corrected chi connectivity index (χ2v) is 3.86. The van der Waals surface area contributed by atoms with Crippen molar-refractivity contribution < 1.29 is 14.3 Å². The summed E-state index contributed by atoms with van der Waals surface area (Å²) in [5.74, 6) is 0.671. The topological polar surface area (TPSA) is 68.1 Å². The van der Waals surface area contributed by atoms with Crippen molar-refractivity contribution in [3.05, 3.63) is 54.1 Å². The fourth-order valence-electron chi connectivity index (χ4n) is 1.56. The molecule has 0 fully saturated rings. The van der Waals surface area contributed by atoms with Crippen molar-refractivity contribution >= 4 is 23.5 Å². The molecule has 0 aliphatic rings. The first-order chi connectivity index (χ1) is 9.81. The quantitative estimate of drug-likeness (QED) is 0.616. The molecule has 2 aromatic carbocycles. The third-order valence-corrected chi connectivity index (χ3v) is 2.53. The number of nitrogens with zero attached hydrogens (tertiary/aromatic N) is 2. The minimum Gasteiger partial charge on any atom is -0.489 e. The molecule has 5 nitrogen and oxygen atoms in total. The molecule has 0 N–H and O–H groups in total. The monoisotopic (exact) mass is 266 g/mol. The first-order valence-electron chi connectivity index (χ1n) is 5.79. The molecule has 0 aliphatic carbocycles. The van der Waals surface area contributed by atoms with Gasteiger partial charge in [-0.3, -0.25) is 0 Å². The maximum atomic E-state index is 10.1. The zero-order chi connectivity index (χ0) is 14.2. The molecule has 0 spiro atoms. The van der Waals surface area contributed by atoms with Crippen molar-refractivity contribution in [1.29, 1.82) is 0 Å². The molecule has 2 aromatic rings. The van der Waals surface area contributed by atoms with Crippen LogP contribution in [-0.4, -0.2) is 12.2 Å². The largest absolute Gasteiger partial charge is 0.489 e. The van der Waals surface area contributed by atoms with Crippen LogP contribution in [0.3, 0.4) is 0 Å². The first-order valence-corrected chi connectivity index (χ1v) is 5.79. The van der Waals surface area contributed by atoms with Gasteiger partial charge in [0, 0.05) is 0 Å². The molecule has 0 aliphatic heterocycles. The lowest BCUT2D eigenvalue weighted by atomic mass is 10.2. The number of rotatable bonds is 5. The van der Waals surface area contributed by atoms with E-state index in [-0.39, 0.29) is 0 Å². The highest BCUT2D eigenvalue weighted by Gasteiger charge is 1.97. The van der Waals surface area contributed by atoms with Crippen LogP contribution in [0, 0.1) is 0 Å². The summed E-state index contributed by atoms with van der Waals surface area (Å²) in [6.45, 7) is 0.390. The normalized spacial score (nSPS) is 9.20. The molecule has 0 aromatic heterocycles. The van der Waals surface area contributed by atoms with E-state index in [4.69, 9.17) is 4.74 Å². The fraction of sp³-hybridized carbons (Fsp3) is 0.0667. The van der Waals surface area contributed by atoms with E-state index in [9.17, 15) is 9.59 Å². The van der Waals surface area contributed by atoms with Crippen molar-refractivity contribution in [1.82, 2.24) is 0 Å². The molecule has 0 heterocycles. The minimum atomic E-state index is 0.390. The van der Waals surface area contributed by atoms with Gasteiger partial charge in [0.2, 0.25) is 12.2 Å². The van der Waals surface area contributed by atoms with E-state index in [2.05, 4.69) is 9.98 Å². The molecule has 0 saturated heterocycles. The molecule has 20 heavy (non-hydrogen) atoms. The van der Waals surface area contributed by atoms with Gasteiger partial charge in [0.1, 0.15) is 12.4 Å². The maximum absolute atomic E-state index is 10.1. The minimum absolute atomic E-state index is 0.390. The predicted octanol–water partition coefficient (Wildman–Crippen LogP) is 3.20. The summed E-state index contributed by atoms with van der Waals surface area (Å²) in [5, 5.41) is 0. The van der Waals surface area contributed by atoms with Crippen LogP contribution in [0.1, 0.15) is 5.56 Å². The highest BCUT2D eigenvalue weighted by molar-refractivity contribution is 5.50. The van der Waals surface area contributed by atoms with E-state index >= 15 is 0 Å². The van der Waals surface area contributed by atoms with Crippen LogP contribution < -0.4 is 4.74 Å². The van der Waals surface area contributed by atoms with Crippen molar-refractivity contribution in [2.24, 2.45) is 9.98 Å². The highest BCUT2D eigenvalue weighted by Crippen LogP contribution is 2.19. The van der Waals surface area contributed by atoms with Gasteiger partial charge in [0.05, 0.1) is 11.4 Å². The van der Waals surface area contributed by atoms with Gasteiger partial charge in [-0.2, -0.15) is 9.98 Å². The Morgan fingerprint density at radius 3 is 1.80 bits per heavy atom. The number of isocyanates is 2. The molecule has 0 amide bonds. The van der Waals surface area contributed by atoms with E-state index in [1.54, 1.807) is 36.4 Å². The Morgan fingerprint density at radius 2 is 1.30 bits per heavy atom. The van der Waals surface area contributed by atoms with Crippen LogP contribution in [-0.2, 0) is 16.2 Å². The number of hydrogen-bond acceptors (Lipinski definition) is 5. The zero-order valence-corrected chi connectivity index (χ0v) is 10.4. The standard InChI is InChI=1S/C15H10N2O3/c18-10-16-13-3-1-12(2-4-13)9-20-15-7-5-14(6-8-15)17-11-19/h1-8H,9H2. The smallest absolute Gasteiger partial charge is 0.240 e. The molecule has 0 bridgehead atoms. The summed E-state index contributed by atoms with van der Waals surface area (Å²) >= 11 is 0. The highest BCUT2D eigenvalue weighted by atomic mass is 16.5. The molecule has 2 rings (SSSR count). The Balaban J connectivity index is 1.97. The Morgan fingerprint density at radius 1 is 0.800 bits per heavy atom. The van der Waals surface area contributed by atoms with E-state index in [0.717, 1.165) is 5.56 Å². The van der Waals surface area contributed by atoms with Crippen LogP contribution in [0.4, 0.5) is 11.4 Å². The van der Waals surface area contributed by atoms with Crippen LogP contribution in [0.15, 0.2) is 58.5 Å². The lowest BCUT2D eigenvalue weighted by Crippen LogP contribution is -1.94. The van der Waals surface area contributed by atoms with Gasteiger partial charge in [-0.1, -0.05) is 12.1 Å². The van der Waals surface area contributed by atoms with Crippen molar-refractivity contribution in [2.75, 3.05) is 0 Å². The summed E-state index contributed by atoms with van der Waals surface area (Å²) in [4.78, 5) is 27.2. The zero-order valence-electron chi connectivity index (χ0n) is 10.4. The van der Waals surface area contributed by atoms with Gasteiger partial charge in [-0.15, -0.1) is 0 Å².